The van der Waals surface area contributed by atoms with Gasteiger partial charge in [0.05, 0.1) is 28.1 Å². The molecule has 5 heteroatoms. The van der Waals surface area contributed by atoms with E-state index in [1.165, 1.54) is 0 Å². The zero-order valence-electron chi connectivity index (χ0n) is 25.3. The summed E-state index contributed by atoms with van der Waals surface area (Å²) in [5, 5.41) is 1.06. The molecule has 47 heavy (non-hydrogen) atoms. The minimum absolute atomic E-state index is 0.700. The number of fused-ring (bicyclic) bond motifs is 5. The molecule has 0 radical (unpaired) electrons. The summed E-state index contributed by atoms with van der Waals surface area (Å²) in [6, 6.07) is 54.0. The lowest BCUT2D eigenvalue weighted by molar-refractivity contribution is 1.18. The van der Waals surface area contributed by atoms with Gasteiger partial charge < -0.3 is 0 Å². The number of pyridine rings is 2. The van der Waals surface area contributed by atoms with Crippen LogP contribution in [0.2, 0.25) is 0 Å². The summed E-state index contributed by atoms with van der Waals surface area (Å²) in [7, 11) is 0. The lowest BCUT2D eigenvalue weighted by Gasteiger charge is -2.10. The Bertz CT molecular complexity index is 2480. The Balaban J connectivity index is 1.08. The van der Waals surface area contributed by atoms with Gasteiger partial charge in [-0.05, 0) is 35.4 Å². The minimum Gasteiger partial charge on any atom is -0.298 e. The van der Waals surface area contributed by atoms with E-state index in [2.05, 4.69) is 102 Å². The van der Waals surface area contributed by atoms with E-state index in [0.29, 0.717) is 5.82 Å². The van der Waals surface area contributed by atoms with Crippen LogP contribution >= 0.6 is 0 Å². The number of benzene rings is 5. The molecule has 9 rings (SSSR count). The van der Waals surface area contributed by atoms with Crippen molar-refractivity contribution in [2.24, 2.45) is 0 Å². The van der Waals surface area contributed by atoms with Gasteiger partial charge in [0, 0.05) is 33.8 Å². The summed E-state index contributed by atoms with van der Waals surface area (Å²) in [4.78, 5) is 20.1. The highest BCUT2D eigenvalue weighted by Crippen LogP contribution is 2.34. The molecule has 0 atom stereocenters. The lowest BCUT2D eigenvalue weighted by Crippen LogP contribution is -1.96. The monoisotopic (exact) mass is 601 g/mol. The third kappa shape index (κ3) is 4.82. The summed E-state index contributed by atoms with van der Waals surface area (Å²) in [5.74, 6) is 0.700. The van der Waals surface area contributed by atoms with Gasteiger partial charge in [-0.3, -0.25) is 4.40 Å². The normalized spacial score (nSPS) is 11.4. The van der Waals surface area contributed by atoms with Crippen LogP contribution in [0.15, 0.2) is 164 Å². The predicted octanol–water partition coefficient (Wildman–Crippen LogP) is 10.2. The lowest BCUT2D eigenvalue weighted by atomic mass is 10.00. The van der Waals surface area contributed by atoms with Crippen LogP contribution in [0.4, 0.5) is 0 Å². The van der Waals surface area contributed by atoms with Crippen molar-refractivity contribution in [2.45, 2.75) is 0 Å². The number of hydrogen-bond acceptors (Lipinski definition) is 4. The number of para-hydroxylation sites is 1. The van der Waals surface area contributed by atoms with Gasteiger partial charge >= 0.3 is 0 Å². The molecule has 0 amide bonds. The van der Waals surface area contributed by atoms with Gasteiger partial charge in [-0.15, -0.1) is 0 Å². The summed E-state index contributed by atoms with van der Waals surface area (Å²) in [6.07, 6.45) is 2.06. The molecule has 0 aliphatic rings. The molecule has 0 spiro atoms. The molecule has 0 aliphatic heterocycles. The van der Waals surface area contributed by atoms with Crippen LogP contribution in [-0.2, 0) is 0 Å². The molecule has 9 aromatic rings. The number of rotatable bonds is 5. The second kappa shape index (κ2) is 11.2. The van der Waals surface area contributed by atoms with Crippen LogP contribution in [0.1, 0.15) is 0 Å². The molecule has 0 unspecified atom stereocenters. The number of hydrogen-bond donors (Lipinski definition) is 0. The largest absolute Gasteiger partial charge is 0.298 e. The summed E-state index contributed by atoms with van der Waals surface area (Å²) in [5.41, 5.74) is 12.9. The molecule has 4 aromatic heterocycles. The molecule has 0 saturated carbocycles. The Morgan fingerprint density at radius 3 is 1.62 bits per heavy atom. The fourth-order valence-corrected chi connectivity index (χ4v) is 6.28. The van der Waals surface area contributed by atoms with Crippen LogP contribution in [-0.4, -0.2) is 24.3 Å². The Morgan fingerprint density at radius 2 is 0.957 bits per heavy atom. The van der Waals surface area contributed by atoms with Gasteiger partial charge in [-0.2, -0.15) is 0 Å². The van der Waals surface area contributed by atoms with E-state index >= 15 is 0 Å². The first-order chi connectivity index (χ1) is 23.3. The molecule has 220 valence electrons. The molecule has 4 heterocycles. The van der Waals surface area contributed by atoms with E-state index < -0.39 is 0 Å². The maximum absolute atomic E-state index is 5.13. The topological polar surface area (TPSA) is 56.0 Å². The Kier molecular flexibility index (Phi) is 6.39. The van der Waals surface area contributed by atoms with Crippen molar-refractivity contribution in [2.75, 3.05) is 0 Å². The van der Waals surface area contributed by atoms with Gasteiger partial charge in [0.15, 0.2) is 5.82 Å². The van der Waals surface area contributed by atoms with Crippen molar-refractivity contribution in [3.63, 3.8) is 0 Å². The molecule has 5 nitrogen and oxygen atoms in total. The molecular formula is C42H27N5. The molecule has 0 fully saturated rings. The van der Waals surface area contributed by atoms with Gasteiger partial charge in [-0.25, -0.2) is 19.9 Å². The SMILES string of the molecule is c1ccc(-c2cc(-c3ccccc3)nc(-c3ccc(-c4ccc(-c5nc6ccccc6c6nc7ccccn7c56)cc4)cc3)n2)cc1. The van der Waals surface area contributed by atoms with Gasteiger partial charge in [0.25, 0.3) is 0 Å². The van der Waals surface area contributed by atoms with Crippen molar-refractivity contribution in [1.29, 1.82) is 0 Å². The molecule has 0 N–H and O–H groups in total. The van der Waals surface area contributed by atoms with Crippen molar-refractivity contribution < 1.29 is 0 Å². The standard InChI is InChI=1S/C42H27N5/c1-3-11-30(12-4-1)36-27-37(31-13-5-2-6-14-31)45-42(44-36)33-24-20-29(21-25-33)28-18-22-32(23-19-28)39-41-40(34-15-7-8-16-35(34)43-39)46-38-17-9-10-26-47(38)41/h1-27H. The quantitative estimate of drug-likeness (QED) is 0.197. The van der Waals surface area contributed by atoms with E-state index in [1.807, 2.05) is 66.7 Å². The second-order valence-corrected chi connectivity index (χ2v) is 11.6. The minimum atomic E-state index is 0.700. The predicted molar refractivity (Wildman–Crippen MR) is 191 cm³/mol. The Hall–Kier alpha value is -6.46. The van der Waals surface area contributed by atoms with Crippen LogP contribution in [0, 0.1) is 0 Å². The Labute approximate surface area is 271 Å². The van der Waals surface area contributed by atoms with E-state index in [1.54, 1.807) is 0 Å². The van der Waals surface area contributed by atoms with E-state index in [9.17, 15) is 0 Å². The van der Waals surface area contributed by atoms with Crippen molar-refractivity contribution in [3.8, 4) is 56.3 Å². The summed E-state index contributed by atoms with van der Waals surface area (Å²) < 4.78 is 2.13. The number of imidazole rings is 1. The molecule has 0 bridgehead atoms. The highest BCUT2D eigenvalue weighted by atomic mass is 15.0. The summed E-state index contributed by atoms with van der Waals surface area (Å²) in [6.45, 7) is 0. The zero-order valence-corrected chi connectivity index (χ0v) is 25.3. The van der Waals surface area contributed by atoms with Crippen LogP contribution in [0.3, 0.4) is 0 Å². The van der Waals surface area contributed by atoms with Crippen molar-refractivity contribution >= 4 is 27.6 Å². The third-order valence-electron chi connectivity index (χ3n) is 8.65. The van der Waals surface area contributed by atoms with Crippen LogP contribution < -0.4 is 0 Å². The number of nitrogens with zero attached hydrogens (tertiary/aromatic N) is 5. The first kappa shape index (κ1) is 26.9. The molecule has 0 saturated heterocycles. The number of aromatic nitrogens is 5. The van der Waals surface area contributed by atoms with E-state index in [-0.39, 0.29) is 0 Å². The molecule has 0 aliphatic carbocycles. The third-order valence-corrected chi connectivity index (χ3v) is 8.65. The fourth-order valence-electron chi connectivity index (χ4n) is 6.28. The van der Waals surface area contributed by atoms with E-state index in [0.717, 1.165) is 78.0 Å². The highest BCUT2D eigenvalue weighted by Gasteiger charge is 2.16. The van der Waals surface area contributed by atoms with Gasteiger partial charge in [0.2, 0.25) is 0 Å². The van der Waals surface area contributed by atoms with Crippen LogP contribution in [0.25, 0.3) is 83.9 Å². The Morgan fingerprint density at radius 1 is 0.404 bits per heavy atom. The first-order valence-electron chi connectivity index (χ1n) is 15.7. The first-order valence-corrected chi connectivity index (χ1v) is 15.7. The second-order valence-electron chi connectivity index (χ2n) is 11.6. The molecular weight excluding hydrogens is 574 g/mol. The average molecular weight is 602 g/mol. The van der Waals surface area contributed by atoms with Crippen molar-refractivity contribution in [1.82, 2.24) is 24.3 Å². The van der Waals surface area contributed by atoms with Gasteiger partial charge in [0.1, 0.15) is 11.2 Å². The summed E-state index contributed by atoms with van der Waals surface area (Å²) >= 11 is 0. The highest BCUT2D eigenvalue weighted by molar-refractivity contribution is 6.09. The van der Waals surface area contributed by atoms with Gasteiger partial charge in [-0.1, -0.05) is 133 Å². The molecule has 5 aromatic carbocycles. The fraction of sp³-hybridized carbons (Fsp3) is 0. The average Bonchev–Trinajstić information content (AvgIpc) is 3.55. The smallest absolute Gasteiger partial charge is 0.160 e. The van der Waals surface area contributed by atoms with Crippen molar-refractivity contribution in [3.05, 3.63) is 164 Å². The van der Waals surface area contributed by atoms with Crippen LogP contribution in [0.5, 0.6) is 0 Å². The maximum Gasteiger partial charge on any atom is 0.160 e. The zero-order chi connectivity index (χ0) is 31.2. The maximum atomic E-state index is 5.13. The van der Waals surface area contributed by atoms with E-state index in [4.69, 9.17) is 19.9 Å².